The van der Waals surface area contributed by atoms with E-state index in [4.69, 9.17) is 11.6 Å². The molecule has 6 heteroatoms. The van der Waals surface area contributed by atoms with Gasteiger partial charge in [-0.15, -0.1) is 0 Å². The highest BCUT2D eigenvalue weighted by atomic mass is 35.5. The molecule has 0 aliphatic carbocycles. The quantitative estimate of drug-likeness (QED) is 0.620. The van der Waals surface area contributed by atoms with Gasteiger partial charge < -0.3 is 4.90 Å². The normalized spacial score (nSPS) is 26.3. The number of halogens is 1. The van der Waals surface area contributed by atoms with E-state index in [1.807, 2.05) is 69.1 Å². The van der Waals surface area contributed by atoms with E-state index in [-0.39, 0.29) is 23.6 Å². The molecule has 2 fully saturated rings. The Hall–Kier alpha value is -2.92. The number of nitrogens with zero attached hydrogens (tertiary/aromatic N) is 2. The highest BCUT2D eigenvalue weighted by Gasteiger charge is 2.65. The minimum absolute atomic E-state index is 0.0372. The van der Waals surface area contributed by atoms with Crippen molar-refractivity contribution in [3.05, 3.63) is 70.4 Å². The predicted octanol–water partition coefficient (Wildman–Crippen LogP) is 4.78. The first-order valence-electron chi connectivity index (χ1n) is 10.8. The Balaban J connectivity index is 1.69. The van der Waals surface area contributed by atoms with Crippen molar-refractivity contribution in [1.82, 2.24) is 4.90 Å². The lowest BCUT2D eigenvalue weighted by molar-refractivity contribution is -0.135. The first-order chi connectivity index (χ1) is 15.1. The molecular weight excluding hydrogens is 424 g/mol. The van der Waals surface area contributed by atoms with Crippen LogP contribution in [0.4, 0.5) is 5.69 Å². The van der Waals surface area contributed by atoms with Crippen LogP contribution in [-0.2, 0) is 14.4 Å². The predicted molar refractivity (Wildman–Crippen MR) is 124 cm³/mol. The molecule has 0 N–H and O–H groups in total. The molecule has 0 aromatic heterocycles. The second-order valence-corrected chi connectivity index (χ2v) is 10.3. The summed E-state index contributed by atoms with van der Waals surface area (Å²) in [6.45, 7) is 7.43. The summed E-state index contributed by atoms with van der Waals surface area (Å²) in [7, 11) is 0. The Kier molecular flexibility index (Phi) is 4.61. The van der Waals surface area contributed by atoms with Gasteiger partial charge in [-0.05, 0) is 41.8 Å². The maximum absolute atomic E-state index is 13.8. The maximum atomic E-state index is 13.8. The number of hydrogen-bond donors (Lipinski definition) is 0. The van der Waals surface area contributed by atoms with Gasteiger partial charge in [0.1, 0.15) is 6.04 Å². The van der Waals surface area contributed by atoms with E-state index in [1.165, 1.54) is 4.90 Å². The monoisotopic (exact) mass is 448 g/mol. The van der Waals surface area contributed by atoms with E-state index in [2.05, 4.69) is 0 Å². The van der Waals surface area contributed by atoms with Gasteiger partial charge in [0, 0.05) is 16.6 Å². The van der Waals surface area contributed by atoms with Gasteiger partial charge in [0.05, 0.1) is 23.6 Å². The van der Waals surface area contributed by atoms with Gasteiger partial charge >= 0.3 is 0 Å². The molecule has 5 rings (SSSR count). The molecule has 0 spiro atoms. The fourth-order valence-electron chi connectivity index (χ4n) is 5.36. The number of aryl methyl sites for hydroxylation is 1. The highest BCUT2D eigenvalue weighted by Crippen LogP contribution is 2.54. The van der Waals surface area contributed by atoms with Gasteiger partial charge in [0.15, 0.2) is 5.78 Å². The minimum atomic E-state index is -0.742. The Bertz CT molecular complexity index is 1200. The van der Waals surface area contributed by atoms with Crippen LogP contribution in [0.1, 0.15) is 43.5 Å². The third kappa shape index (κ3) is 2.87. The summed E-state index contributed by atoms with van der Waals surface area (Å²) in [4.78, 5) is 44.5. The average Bonchev–Trinajstić information content (AvgIpc) is 3.21. The third-order valence-corrected chi connectivity index (χ3v) is 7.12. The number of Topliss-reactive ketones (excluding diaryl/α,β-unsaturated/α-hetero) is 1. The van der Waals surface area contributed by atoms with Gasteiger partial charge in [0.2, 0.25) is 11.8 Å². The summed E-state index contributed by atoms with van der Waals surface area (Å²) in [5, 5.41) is 0.457. The zero-order valence-electron chi connectivity index (χ0n) is 18.5. The molecule has 0 radical (unpaired) electrons. The Morgan fingerprint density at radius 1 is 1.00 bits per heavy atom. The van der Waals surface area contributed by atoms with Gasteiger partial charge in [-0.3, -0.25) is 14.4 Å². The van der Waals surface area contributed by atoms with Crippen LogP contribution in [0.25, 0.3) is 6.08 Å². The number of amides is 2. The van der Waals surface area contributed by atoms with E-state index in [0.29, 0.717) is 10.7 Å². The molecule has 0 saturated carbocycles. The van der Waals surface area contributed by atoms with Crippen LogP contribution in [0.15, 0.2) is 48.7 Å². The molecule has 164 valence electrons. The van der Waals surface area contributed by atoms with E-state index in [0.717, 1.165) is 16.7 Å². The number of ketones is 1. The number of anilines is 1. The average molecular weight is 449 g/mol. The summed E-state index contributed by atoms with van der Waals surface area (Å²) in [5.41, 5.74) is 2.61. The van der Waals surface area contributed by atoms with Crippen molar-refractivity contribution in [3.63, 3.8) is 0 Å². The van der Waals surface area contributed by atoms with Crippen LogP contribution in [0.2, 0.25) is 5.02 Å². The second-order valence-electron chi connectivity index (χ2n) is 9.89. The molecule has 0 bridgehead atoms. The Morgan fingerprint density at radius 3 is 2.41 bits per heavy atom. The summed E-state index contributed by atoms with van der Waals surface area (Å²) < 4.78 is 0. The molecule has 3 heterocycles. The van der Waals surface area contributed by atoms with Crippen molar-refractivity contribution in [2.24, 2.45) is 17.3 Å². The molecule has 0 unspecified atom stereocenters. The van der Waals surface area contributed by atoms with E-state index >= 15 is 0 Å². The lowest BCUT2D eigenvalue weighted by Crippen LogP contribution is -2.47. The lowest BCUT2D eigenvalue weighted by atomic mass is 9.79. The smallest absolute Gasteiger partial charge is 0.240 e. The Morgan fingerprint density at radius 2 is 1.69 bits per heavy atom. The van der Waals surface area contributed by atoms with E-state index < -0.39 is 23.3 Å². The van der Waals surface area contributed by atoms with Crippen molar-refractivity contribution < 1.29 is 14.4 Å². The van der Waals surface area contributed by atoms with Crippen molar-refractivity contribution in [1.29, 1.82) is 0 Å². The summed E-state index contributed by atoms with van der Waals surface area (Å²) in [5.74, 6) is -2.01. The van der Waals surface area contributed by atoms with Crippen LogP contribution in [-0.4, -0.2) is 28.5 Å². The zero-order chi connectivity index (χ0) is 22.9. The summed E-state index contributed by atoms with van der Waals surface area (Å²) in [6, 6.07) is 12.0. The van der Waals surface area contributed by atoms with Gasteiger partial charge in [-0.25, -0.2) is 4.90 Å². The van der Waals surface area contributed by atoms with Crippen LogP contribution in [0.5, 0.6) is 0 Å². The van der Waals surface area contributed by atoms with Gasteiger partial charge in [-0.2, -0.15) is 0 Å². The number of benzene rings is 2. The van der Waals surface area contributed by atoms with Crippen molar-refractivity contribution in [2.45, 2.75) is 39.8 Å². The standard InChI is InChI=1S/C26H25ClN2O3/c1-14-9-10-16(27)13-18(14)29-24(31)19-20(25(29)32)22(23(30)26(2,3)4)28-12-11-15-7-5-6-8-17(15)21(19)28/h5-13,19-22H,1-4H3/t19-,20+,21-,22+/m0/s1. The molecule has 32 heavy (non-hydrogen) atoms. The van der Waals surface area contributed by atoms with Crippen molar-refractivity contribution in [3.8, 4) is 0 Å². The number of hydrogen-bond acceptors (Lipinski definition) is 4. The molecule has 2 aromatic carbocycles. The van der Waals surface area contributed by atoms with Crippen LogP contribution >= 0.6 is 11.6 Å². The first-order valence-corrected chi connectivity index (χ1v) is 11.2. The fraction of sp³-hybridized carbons (Fsp3) is 0.346. The molecule has 5 nitrogen and oxygen atoms in total. The molecule has 3 aliphatic rings. The fourth-order valence-corrected chi connectivity index (χ4v) is 5.53. The van der Waals surface area contributed by atoms with Gasteiger partial charge in [-0.1, -0.05) is 62.7 Å². The molecule has 4 atom stereocenters. The van der Waals surface area contributed by atoms with Crippen molar-refractivity contribution >= 4 is 41.0 Å². The Labute approximate surface area is 192 Å². The third-order valence-electron chi connectivity index (χ3n) is 6.88. The first kappa shape index (κ1) is 21.0. The summed E-state index contributed by atoms with van der Waals surface area (Å²) in [6.07, 6.45) is 3.85. The lowest BCUT2D eigenvalue weighted by Gasteiger charge is -2.37. The highest BCUT2D eigenvalue weighted by molar-refractivity contribution is 6.31. The number of carbonyl (C=O) groups excluding carboxylic acids is 3. The minimum Gasteiger partial charge on any atom is -0.359 e. The van der Waals surface area contributed by atoms with E-state index in [1.54, 1.807) is 18.2 Å². The number of rotatable bonds is 2. The molecule has 3 aliphatic heterocycles. The maximum Gasteiger partial charge on any atom is 0.240 e. The number of fused-ring (bicyclic) bond motifs is 5. The molecule has 2 aromatic rings. The van der Waals surface area contributed by atoms with Crippen LogP contribution in [0.3, 0.4) is 0 Å². The summed E-state index contributed by atoms with van der Waals surface area (Å²) >= 11 is 6.21. The zero-order valence-corrected chi connectivity index (χ0v) is 19.3. The number of imide groups is 1. The number of carbonyl (C=O) groups is 3. The van der Waals surface area contributed by atoms with Gasteiger partial charge in [0.25, 0.3) is 0 Å². The van der Waals surface area contributed by atoms with Crippen LogP contribution in [0, 0.1) is 24.2 Å². The SMILES string of the molecule is Cc1ccc(Cl)cc1N1C(=O)[C@@H]2[C@H](C1=O)[C@@H]1c3ccccc3C=CN1[C@H]2C(=O)C(C)(C)C. The van der Waals surface area contributed by atoms with Crippen LogP contribution < -0.4 is 4.90 Å². The van der Waals surface area contributed by atoms with E-state index in [9.17, 15) is 14.4 Å². The second kappa shape index (κ2) is 7.04. The molecular formula is C26H25ClN2O3. The molecule has 2 amide bonds. The largest absolute Gasteiger partial charge is 0.359 e. The molecule has 2 saturated heterocycles. The van der Waals surface area contributed by atoms with Crippen molar-refractivity contribution in [2.75, 3.05) is 4.90 Å². The topological polar surface area (TPSA) is 57.7 Å².